The van der Waals surface area contributed by atoms with Gasteiger partial charge in [-0.25, -0.2) is 0 Å². The van der Waals surface area contributed by atoms with Gasteiger partial charge in [0.1, 0.15) is 0 Å². The molecule has 2 nitrogen and oxygen atoms in total. The summed E-state index contributed by atoms with van der Waals surface area (Å²) in [5.74, 6) is 0. The molecule has 0 aliphatic carbocycles. The summed E-state index contributed by atoms with van der Waals surface area (Å²) in [6.07, 6.45) is 4.85. The van der Waals surface area contributed by atoms with Gasteiger partial charge in [-0.1, -0.05) is 19.8 Å². The molecule has 1 atom stereocenters. The van der Waals surface area contributed by atoms with Crippen LogP contribution in [-0.2, 0) is 25.6 Å². The number of hydrogen-bond acceptors (Lipinski definition) is 1. The van der Waals surface area contributed by atoms with Gasteiger partial charge in [-0.15, -0.1) is 0 Å². The Morgan fingerprint density at radius 2 is 1.90 bits per heavy atom. The maximum absolute atomic E-state index is 10.1. The maximum Gasteiger partial charge on any atom is 0.505 e. The van der Waals surface area contributed by atoms with Gasteiger partial charge in [0.2, 0.25) is 0 Å². The average molecular weight is 245 g/mol. The van der Waals surface area contributed by atoms with Crippen molar-refractivity contribution in [3.8, 4) is 0 Å². The van der Waals surface area contributed by atoms with Crippen molar-refractivity contribution in [1.29, 1.82) is 0 Å². The molecule has 0 aromatic rings. The molecule has 0 aliphatic rings. The monoisotopic (exact) mass is 247 g/mol. The molecule has 0 amide bonds. The summed E-state index contributed by atoms with van der Waals surface area (Å²) in [5.41, 5.74) is 0. The molecule has 0 aromatic carbocycles. The molecule has 0 aromatic heterocycles. The molecule has 0 aliphatic heterocycles. The minimum atomic E-state index is -1.87. The predicted octanol–water partition coefficient (Wildman–Crippen LogP) is 2.30. The second kappa shape index (κ2) is 9.75. The summed E-state index contributed by atoms with van der Waals surface area (Å²) >= 11 is 0. The smallest absolute Gasteiger partial charge is 0.161 e. The summed E-state index contributed by atoms with van der Waals surface area (Å²) in [4.78, 5) is 8.36. The van der Waals surface area contributed by atoms with Crippen LogP contribution in [0.15, 0.2) is 0 Å². The molecule has 1 unspecified atom stereocenters. The summed E-state index contributed by atoms with van der Waals surface area (Å²) in [5, 5.41) is 0. The van der Waals surface area contributed by atoms with Gasteiger partial charge in [0, 0.05) is 21.1 Å². The van der Waals surface area contributed by atoms with E-state index < -0.39 is 8.03 Å². The zero-order chi connectivity index (χ0) is 7.11. The Bertz CT molecular complexity index is 87.8. The zero-order valence-electron chi connectivity index (χ0n) is 6.25. The van der Waals surface area contributed by atoms with Crippen LogP contribution >= 0.6 is 8.03 Å². The fraction of sp³-hybridized carbons (Fsp3) is 1.00. The molecule has 0 heterocycles. The van der Waals surface area contributed by atoms with Crippen LogP contribution in [0.1, 0.15) is 32.6 Å². The van der Waals surface area contributed by atoms with Crippen molar-refractivity contribution < 1.29 is 30.5 Å². The molecule has 0 bridgehead atoms. The standard InChI is InChI=1S/C6H13O2P.Mo/c1-2-3-4-5-6-9(7)8;/h2-6H2,1H3;/p+1. The first kappa shape index (κ1) is 13.3. The Balaban J connectivity index is 0. The molecule has 0 saturated carbocycles. The van der Waals surface area contributed by atoms with Gasteiger partial charge in [-0.05, 0) is 17.4 Å². The van der Waals surface area contributed by atoms with Crippen LogP contribution in [-0.4, -0.2) is 11.1 Å². The summed E-state index contributed by atoms with van der Waals surface area (Å²) in [7, 11) is -1.87. The van der Waals surface area contributed by atoms with E-state index in [4.69, 9.17) is 4.89 Å². The number of unbranched alkanes of at least 4 members (excludes halogenated alkanes) is 3. The fourth-order valence-electron chi connectivity index (χ4n) is 0.674. The second-order valence-corrected chi connectivity index (χ2v) is 3.29. The van der Waals surface area contributed by atoms with Gasteiger partial charge in [0.05, 0.1) is 0 Å². The van der Waals surface area contributed by atoms with Crippen LogP contribution in [0.3, 0.4) is 0 Å². The van der Waals surface area contributed by atoms with E-state index in [0.717, 1.165) is 12.8 Å². The van der Waals surface area contributed by atoms with Gasteiger partial charge < -0.3 is 0 Å². The van der Waals surface area contributed by atoms with Crippen molar-refractivity contribution in [1.82, 2.24) is 0 Å². The van der Waals surface area contributed by atoms with Crippen molar-refractivity contribution in [2.45, 2.75) is 32.6 Å². The Morgan fingerprint density at radius 1 is 1.30 bits per heavy atom. The van der Waals surface area contributed by atoms with Crippen LogP contribution in [0.25, 0.3) is 0 Å². The van der Waals surface area contributed by atoms with Crippen LogP contribution in [0, 0.1) is 0 Å². The first-order chi connectivity index (χ1) is 4.27. The van der Waals surface area contributed by atoms with Gasteiger partial charge >= 0.3 is 8.03 Å². The molecule has 10 heavy (non-hydrogen) atoms. The van der Waals surface area contributed by atoms with Gasteiger partial charge in [0.15, 0.2) is 6.16 Å². The van der Waals surface area contributed by atoms with Crippen molar-refractivity contribution >= 4 is 8.03 Å². The van der Waals surface area contributed by atoms with Crippen molar-refractivity contribution in [3.63, 3.8) is 0 Å². The second-order valence-electron chi connectivity index (χ2n) is 2.14. The molecule has 0 fully saturated rings. The predicted molar refractivity (Wildman–Crippen MR) is 38.8 cm³/mol. The van der Waals surface area contributed by atoms with E-state index in [-0.39, 0.29) is 21.1 Å². The van der Waals surface area contributed by atoms with E-state index in [1.54, 1.807) is 0 Å². The Hall–Kier alpha value is 0.748. The van der Waals surface area contributed by atoms with Gasteiger partial charge in [-0.3, -0.25) is 0 Å². The molecule has 0 spiro atoms. The zero-order valence-corrected chi connectivity index (χ0v) is 9.15. The molecule has 0 radical (unpaired) electrons. The van der Waals surface area contributed by atoms with Crippen LogP contribution < -0.4 is 0 Å². The minimum absolute atomic E-state index is 0. The molecule has 0 saturated heterocycles. The van der Waals surface area contributed by atoms with E-state index in [0.29, 0.717) is 6.16 Å². The third kappa shape index (κ3) is 11.5. The largest absolute Gasteiger partial charge is 0.505 e. The number of hydrogen-bond donors (Lipinski definition) is 1. The molecule has 1 N–H and O–H groups in total. The van der Waals surface area contributed by atoms with E-state index in [1.165, 1.54) is 12.8 Å². The van der Waals surface area contributed by atoms with E-state index in [2.05, 4.69) is 6.92 Å². The average Bonchev–Trinajstić information content (AvgIpc) is 1.80. The summed E-state index contributed by atoms with van der Waals surface area (Å²) in [6.45, 7) is 2.12. The molecular formula is C6H14MoO2P+. The summed E-state index contributed by atoms with van der Waals surface area (Å²) in [6, 6.07) is 0. The normalized spacial score (nSPS) is 10.4. The van der Waals surface area contributed by atoms with Crippen LogP contribution in [0.2, 0.25) is 0 Å². The topological polar surface area (TPSA) is 37.3 Å². The first-order valence-corrected chi connectivity index (χ1v) is 4.80. The number of rotatable bonds is 5. The SMILES string of the molecule is CCCCCC[P+](=O)O.[Mo]. The third-order valence-corrected chi connectivity index (χ3v) is 1.90. The first-order valence-electron chi connectivity index (χ1n) is 3.41. The Morgan fingerprint density at radius 3 is 2.30 bits per heavy atom. The quantitative estimate of drug-likeness (QED) is 0.458. The fourth-order valence-corrected chi connectivity index (χ4v) is 1.17. The van der Waals surface area contributed by atoms with Crippen molar-refractivity contribution in [2.24, 2.45) is 0 Å². The van der Waals surface area contributed by atoms with Crippen LogP contribution in [0.4, 0.5) is 0 Å². The maximum atomic E-state index is 10.1. The third-order valence-electron chi connectivity index (χ3n) is 1.20. The van der Waals surface area contributed by atoms with E-state index in [9.17, 15) is 4.57 Å². The molecule has 60 valence electrons. The molecular weight excluding hydrogens is 231 g/mol. The van der Waals surface area contributed by atoms with E-state index >= 15 is 0 Å². The molecule has 4 heteroatoms. The Kier molecular flexibility index (Phi) is 13.0. The van der Waals surface area contributed by atoms with Crippen molar-refractivity contribution in [3.05, 3.63) is 0 Å². The van der Waals surface area contributed by atoms with Crippen molar-refractivity contribution in [2.75, 3.05) is 6.16 Å². The Labute approximate surface area is 77.5 Å². The summed E-state index contributed by atoms with van der Waals surface area (Å²) < 4.78 is 10.1. The van der Waals surface area contributed by atoms with Gasteiger partial charge in [-0.2, -0.15) is 4.89 Å². The minimum Gasteiger partial charge on any atom is -0.161 e. The van der Waals surface area contributed by atoms with Gasteiger partial charge in [0.25, 0.3) is 0 Å². The molecule has 0 rings (SSSR count). The van der Waals surface area contributed by atoms with Crippen LogP contribution in [0.5, 0.6) is 0 Å². The van der Waals surface area contributed by atoms with E-state index in [1.807, 2.05) is 0 Å².